The van der Waals surface area contributed by atoms with Crippen LogP contribution in [0.15, 0.2) is 12.1 Å². The highest BCUT2D eigenvalue weighted by molar-refractivity contribution is 5.78. The van der Waals surface area contributed by atoms with E-state index >= 15 is 0 Å². The number of amides is 1. The van der Waals surface area contributed by atoms with Crippen LogP contribution in [-0.4, -0.2) is 22.1 Å². The maximum absolute atomic E-state index is 10.8. The van der Waals surface area contributed by atoms with Gasteiger partial charge in [-0.05, 0) is 26.0 Å². The molecular formula is C10H14N2O3. The molecule has 0 spiro atoms. The number of aryl methyl sites for hydroxylation is 1. The summed E-state index contributed by atoms with van der Waals surface area (Å²) in [6.45, 7) is 3.12. The lowest BCUT2D eigenvalue weighted by atomic mass is 10.3. The van der Waals surface area contributed by atoms with Gasteiger partial charge in [0.15, 0.2) is 6.10 Å². The van der Waals surface area contributed by atoms with E-state index in [0.717, 1.165) is 5.69 Å². The van der Waals surface area contributed by atoms with Gasteiger partial charge in [-0.2, -0.15) is 0 Å². The van der Waals surface area contributed by atoms with Crippen molar-refractivity contribution in [3.63, 3.8) is 0 Å². The Kier molecular flexibility index (Phi) is 3.62. The second-order valence-corrected chi connectivity index (χ2v) is 3.22. The Morgan fingerprint density at radius 1 is 1.67 bits per heavy atom. The van der Waals surface area contributed by atoms with Crippen molar-refractivity contribution in [3.05, 3.63) is 23.5 Å². The summed E-state index contributed by atoms with van der Waals surface area (Å²) in [5.74, 6) is -0.172. The standard InChI is InChI=1S/C10H14N2O3/c1-6-3-4-9(8(5-13)12-6)15-7(2)10(11)14/h3-4,7,13H,5H2,1-2H3,(H2,11,14). The fourth-order valence-electron chi connectivity index (χ4n) is 1.07. The maximum Gasteiger partial charge on any atom is 0.258 e. The van der Waals surface area contributed by atoms with E-state index in [1.54, 1.807) is 26.0 Å². The van der Waals surface area contributed by atoms with Crippen molar-refractivity contribution < 1.29 is 14.6 Å². The smallest absolute Gasteiger partial charge is 0.258 e. The van der Waals surface area contributed by atoms with Crippen molar-refractivity contribution in [3.8, 4) is 5.75 Å². The van der Waals surface area contributed by atoms with E-state index in [1.165, 1.54) is 0 Å². The SMILES string of the molecule is Cc1ccc(OC(C)C(N)=O)c(CO)n1. The van der Waals surface area contributed by atoms with Gasteiger partial charge in [-0.1, -0.05) is 0 Å². The molecular weight excluding hydrogens is 196 g/mol. The molecule has 0 aliphatic rings. The molecule has 1 aromatic rings. The van der Waals surface area contributed by atoms with Crippen molar-refractivity contribution >= 4 is 5.91 Å². The van der Waals surface area contributed by atoms with Gasteiger partial charge in [0.2, 0.25) is 0 Å². The third kappa shape index (κ3) is 2.92. The van der Waals surface area contributed by atoms with E-state index in [1.807, 2.05) is 0 Å². The van der Waals surface area contributed by atoms with E-state index in [9.17, 15) is 4.79 Å². The number of ether oxygens (including phenoxy) is 1. The summed E-state index contributed by atoms with van der Waals surface area (Å²) in [5, 5.41) is 9.04. The van der Waals surface area contributed by atoms with Gasteiger partial charge in [0, 0.05) is 5.69 Å². The van der Waals surface area contributed by atoms with E-state index < -0.39 is 12.0 Å². The average molecular weight is 210 g/mol. The second kappa shape index (κ2) is 4.75. The van der Waals surface area contributed by atoms with Crippen molar-refractivity contribution in [1.29, 1.82) is 0 Å². The largest absolute Gasteiger partial charge is 0.479 e. The minimum Gasteiger partial charge on any atom is -0.479 e. The Morgan fingerprint density at radius 3 is 2.87 bits per heavy atom. The molecule has 5 nitrogen and oxygen atoms in total. The Hall–Kier alpha value is -1.62. The molecule has 1 atom stereocenters. The fourth-order valence-corrected chi connectivity index (χ4v) is 1.07. The van der Waals surface area contributed by atoms with Crippen LogP contribution in [0, 0.1) is 6.92 Å². The zero-order valence-electron chi connectivity index (χ0n) is 8.73. The Labute approximate surface area is 87.9 Å². The number of nitrogens with two attached hydrogens (primary N) is 1. The number of carbonyl (C=O) groups is 1. The number of hydrogen-bond acceptors (Lipinski definition) is 4. The lowest BCUT2D eigenvalue weighted by molar-refractivity contribution is -0.124. The lowest BCUT2D eigenvalue weighted by Gasteiger charge is -2.13. The van der Waals surface area contributed by atoms with Gasteiger partial charge in [0.1, 0.15) is 11.4 Å². The number of carbonyl (C=O) groups excluding carboxylic acids is 1. The Bertz CT molecular complexity index is 366. The summed E-state index contributed by atoms with van der Waals surface area (Å²) in [7, 11) is 0. The highest BCUT2D eigenvalue weighted by atomic mass is 16.5. The molecule has 1 unspecified atom stereocenters. The molecule has 1 heterocycles. The molecule has 15 heavy (non-hydrogen) atoms. The van der Waals surface area contributed by atoms with E-state index in [2.05, 4.69) is 4.98 Å². The van der Waals surface area contributed by atoms with Gasteiger partial charge in [-0.3, -0.25) is 9.78 Å². The molecule has 0 fully saturated rings. The van der Waals surface area contributed by atoms with Crippen molar-refractivity contribution in [2.75, 3.05) is 0 Å². The molecule has 0 radical (unpaired) electrons. The van der Waals surface area contributed by atoms with Crippen LogP contribution in [0.1, 0.15) is 18.3 Å². The molecule has 5 heteroatoms. The summed E-state index contributed by atoms with van der Waals surface area (Å²) in [6.07, 6.45) is -0.736. The first-order valence-electron chi connectivity index (χ1n) is 4.58. The van der Waals surface area contributed by atoms with Crippen molar-refractivity contribution in [2.45, 2.75) is 26.6 Å². The molecule has 1 aromatic heterocycles. The van der Waals surface area contributed by atoms with Crippen LogP contribution in [0.2, 0.25) is 0 Å². The first kappa shape index (κ1) is 11.5. The number of aliphatic hydroxyl groups is 1. The maximum atomic E-state index is 10.8. The summed E-state index contributed by atoms with van der Waals surface area (Å²) < 4.78 is 5.26. The molecule has 1 rings (SSSR count). The monoisotopic (exact) mass is 210 g/mol. The zero-order chi connectivity index (χ0) is 11.4. The van der Waals surface area contributed by atoms with Crippen molar-refractivity contribution in [1.82, 2.24) is 4.98 Å². The highest BCUT2D eigenvalue weighted by Gasteiger charge is 2.13. The molecule has 0 aliphatic carbocycles. The van der Waals surface area contributed by atoms with Gasteiger partial charge < -0.3 is 15.6 Å². The summed E-state index contributed by atoms with van der Waals surface area (Å²) in [6, 6.07) is 3.40. The van der Waals surface area contributed by atoms with Gasteiger partial charge in [0.25, 0.3) is 5.91 Å². The summed E-state index contributed by atoms with van der Waals surface area (Å²) >= 11 is 0. The Morgan fingerprint density at radius 2 is 2.33 bits per heavy atom. The predicted octanol–water partition coefficient (Wildman–Crippen LogP) is 0.135. The van der Waals surface area contributed by atoms with Gasteiger partial charge >= 0.3 is 0 Å². The summed E-state index contributed by atoms with van der Waals surface area (Å²) in [4.78, 5) is 14.9. The fraction of sp³-hybridized carbons (Fsp3) is 0.400. The summed E-state index contributed by atoms with van der Waals surface area (Å²) in [5.41, 5.74) is 6.24. The van der Waals surface area contributed by atoms with Crippen LogP contribution >= 0.6 is 0 Å². The number of primary amides is 1. The predicted molar refractivity (Wildman–Crippen MR) is 54.2 cm³/mol. The Balaban J connectivity index is 2.89. The minimum atomic E-state index is -0.736. The van der Waals surface area contributed by atoms with E-state index in [4.69, 9.17) is 15.6 Å². The molecule has 0 aromatic carbocycles. The van der Waals surface area contributed by atoms with Gasteiger partial charge in [-0.15, -0.1) is 0 Å². The first-order valence-corrected chi connectivity index (χ1v) is 4.58. The molecule has 0 aliphatic heterocycles. The number of pyridine rings is 1. The average Bonchev–Trinajstić information content (AvgIpc) is 2.20. The van der Waals surface area contributed by atoms with Gasteiger partial charge in [0.05, 0.1) is 6.61 Å². The third-order valence-electron chi connectivity index (χ3n) is 1.93. The molecule has 0 saturated heterocycles. The quantitative estimate of drug-likeness (QED) is 0.740. The molecule has 3 N–H and O–H groups in total. The number of rotatable bonds is 4. The second-order valence-electron chi connectivity index (χ2n) is 3.22. The van der Waals surface area contributed by atoms with E-state index in [-0.39, 0.29) is 6.61 Å². The molecule has 0 saturated carbocycles. The van der Waals surface area contributed by atoms with Crippen LogP contribution in [0.3, 0.4) is 0 Å². The third-order valence-corrected chi connectivity index (χ3v) is 1.93. The van der Waals surface area contributed by atoms with Crippen LogP contribution in [0.5, 0.6) is 5.75 Å². The first-order chi connectivity index (χ1) is 7.04. The molecule has 1 amide bonds. The normalized spacial score (nSPS) is 12.2. The molecule has 82 valence electrons. The zero-order valence-corrected chi connectivity index (χ0v) is 8.73. The van der Waals surface area contributed by atoms with Crippen LogP contribution in [0.25, 0.3) is 0 Å². The van der Waals surface area contributed by atoms with E-state index in [0.29, 0.717) is 11.4 Å². The number of aliphatic hydroxyl groups excluding tert-OH is 1. The number of nitrogens with zero attached hydrogens (tertiary/aromatic N) is 1. The van der Waals surface area contributed by atoms with Crippen LogP contribution in [0.4, 0.5) is 0 Å². The van der Waals surface area contributed by atoms with Gasteiger partial charge in [-0.25, -0.2) is 0 Å². The van der Waals surface area contributed by atoms with Crippen LogP contribution < -0.4 is 10.5 Å². The minimum absolute atomic E-state index is 0.234. The topological polar surface area (TPSA) is 85.4 Å². The van der Waals surface area contributed by atoms with Crippen molar-refractivity contribution in [2.24, 2.45) is 5.73 Å². The lowest BCUT2D eigenvalue weighted by Crippen LogP contribution is -2.31. The number of aromatic nitrogens is 1. The number of hydrogen-bond donors (Lipinski definition) is 2. The highest BCUT2D eigenvalue weighted by Crippen LogP contribution is 2.18. The van der Waals surface area contributed by atoms with Crippen LogP contribution in [-0.2, 0) is 11.4 Å². The molecule has 0 bridgehead atoms.